The zero-order valence-corrected chi connectivity index (χ0v) is 36.8. The lowest BCUT2D eigenvalue weighted by Gasteiger charge is -2.30. The Balaban J connectivity index is 0.995. The van der Waals surface area contributed by atoms with Crippen LogP contribution in [0.4, 0.5) is 17.1 Å². The fourth-order valence-corrected chi connectivity index (χ4v) is 12.3. The molecule has 64 heavy (non-hydrogen) atoms. The first kappa shape index (κ1) is 37.1. The van der Waals surface area contributed by atoms with Gasteiger partial charge in [-0.3, -0.25) is 0 Å². The zero-order chi connectivity index (χ0) is 42.7. The lowest BCUT2D eigenvalue weighted by Crippen LogP contribution is -2.17. The molecular formula is C62H43NS. The van der Waals surface area contributed by atoms with E-state index in [4.69, 9.17) is 0 Å². The van der Waals surface area contributed by atoms with Gasteiger partial charge in [0.05, 0.1) is 11.4 Å². The van der Waals surface area contributed by atoms with Gasteiger partial charge in [-0.1, -0.05) is 178 Å². The predicted octanol–water partition coefficient (Wildman–Crippen LogP) is 18.1. The molecule has 0 aliphatic heterocycles. The molecule has 12 aromatic rings. The highest BCUT2D eigenvalue weighted by Crippen LogP contribution is 2.54. The third kappa shape index (κ3) is 5.36. The fraction of sp³-hybridized carbons (Fsp3) is 0.0645. The summed E-state index contributed by atoms with van der Waals surface area (Å²) in [6.45, 7) is 7.05. The van der Waals surface area contributed by atoms with Gasteiger partial charge in [0.2, 0.25) is 0 Å². The maximum absolute atomic E-state index is 2.51. The van der Waals surface area contributed by atoms with Crippen molar-refractivity contribution in [1.29, 1.82) is 0 Å². The molecule has 0 spiro atoms. The maximum Gasteiger partial charge on any atom is 0.0540 e. The van der Waals surface area contributed by atoms with Gasteiger partial charge in [0.15, 0.2) is 0 Å². The summed E-state index contributed by atoms with van der Waals surface area (Å²) in [5, 5.41) is 12.8. The van der Waals surface area contributed by atoms with E-state index in [2.05, 4.69) is 232 Å². The number of aryl methyl sites for hydroxylation is 1. The van der Waals surface area contributed by atoms with Crippen LogP contribution < -0.4 is 4.90 Å². The van der Waals surface area contributed by atoms with Gasteiger partial charge in [0, 0.05) is 42.0 Å². The maximum atomic E-state index is 2.51. The molecule has 1 aromatic heterocycles. The summed E-state index contributed by atoms with van der Waals surface area (Å²) in [4.78, 5) is 2.49. The van der Waals surface area contributed by atoms with E-state index in [1.807, 2.05) is 11.3 Å². The number of hydrogen-bond acceptors (Lipinski definition) is 2. The Morgan fingerprint density at radius 2 is 0.938 bits per heavy atom. The second-order valence-corrected chi connectivity index (χ2v) is 19.1. The summed E-state index contributed by atoms with van der Waals surface area (Å²) in [5.74, 6) is 0. The van der Waals surface area contributed by atoms with Gasteiger partial charge in [-0.2, -0.15) is 0 Å². The van der Waals surface area contributed by atoms with Gasteiger partial charge < -0.3 is 4.90 Å². The molecule has 0 unspecified atom stereocenters. The SMILES string of the molecule is Cc1ccc(N(c2ccc3c(c2)C(C)(C)c2cc(-c4c5ccccc5c(-c5cccc6sc7ccccc7c56)c5ccccc45)ccc2-3)c2cccc3ccccc23)c2ccccc12. The molecule has 1 aliphatic rings. The number of rotatable bonds is 5. The van der Waals surface area contributed by atoms with Gasteiger partial charge in [-0.15, -0.1) is 11.3 Å². The second-order valence-electron chi connectivity index (χ2n) is 18.0. The first-order chi connectivity index (χ1) is 31.4. The Morgan fingerprint density at radius 3 is 1.69 bits per heavy atom. The molecule has 2 heteroatoms. The van der Waals surface area contributed by atoms with Crippen LogP contribution in [0.15, 0.2) is 206 Å². The number of anilines is 3. The highest BCUT2D eigenvalue weighted by molar-refractivity contribution is 7.26. The van der Waals surface area contributed by atoms with Crippen molar-refractivity contribution in [3.05, 3.63) is 223 Å². The van der Waals surface area contributed by atoms with Gasteiger partial charge >= 0.3 is 0 Å². The molecule has 1 nitrogen and oxygen atoms in total. The summed E-state index contributed by atoms with van der Waals surface area (Å²) in [7, 11) is 0. The summed E-state index contributed by atoms with van der Waals surface area (Å²) >= 11 is 1.89. The highest BCUT2D eigenvalue weighted by atomic mass is 32.1. The molecule has 0 amide bonds. The third-order valence-electron chi connectivity index (χ3n) is 14.2. The normalized spacial score (nSPS) is 13.0. The van der Waals surface area contributed by atoms with Crippen molar-refractivity contribution in [2.45, 2.75) is 26.2 Å². The van der Waals surface area contributed by atoms with Crippen molar-refractivity contribution in [2.24, 2.45) is 0 Å². The lowest BCUT2D eigenvalue weighted by atomic mass is 9.80. The summed E-state index contributed by atoms with van der Waals surface area (Å²) < 4.78 is 2.65. The summed E-state index contributed by atoms with van der Waals surface area (Å²) in [6.07, 6.45) is 0. The standard InChI is InChI=1S/C62H43NS/c1-38-30-35-56(46-20-7-6-18-42(38)46)63(55-27-14-17-39-16-4-5-19-43(39)55)41-32-34-45-44-33-31-40(36-53(44)62(2,3)54(45)37-41)59-47-21-8-10-23-49(47)60(50-24-11-9-22-48(50)59)52-26-15-29-58-61(52)51-25-12-13-28-57(51)64-58/h4-37H,1-3H3. The lowest BCUT2D eigenvalue weighted by molar-refractivity contribution is 0.660. The first-order valence-corrected chi connectivity index (χ1v) is 23.2. The first-order valence-electron chi connectivity index (χ1n) is 22.3. The van der Waals surface area contributed by atoms with Crippen LogP contribution >= 0.6 is 11.3 Å². The van der Waals surface area contributed by atoms with Crippen LogP contribution in [0.5, 0.6) is 0 Å². The number of hydrogen-bond donors (Lipinski definition) is 0. The van der Waals surface area contributed by atoms with Crippen molar-refractivity contribution in [2.75, 3.05) is 4.90 Å². The van der Waals surface area contributed by atoms with Crippen LogP contribution in [0.1, 0.15) is 30.5 Å². The van der Waals surface area contributed by atoms with E-state index >= 15 is 0 Å². The van der Waals surface area contributed by atoms with E-state index in [0.29, 0.717) is 0 Å². The largest absolute Gasteiger partial charge is 0.309 e. The monoisotopic (exact) mass is 833 g/mol. The van der Waals surface area contributed by atoms with Crippen LogP contribution in [-0.4, -0.2) is 0 Å². The van der Waals surface area contributed by atoms with Crippen LogP contribution in [0.2, 0.25) is 0 Å². The molecule has 0 atom stereocenters. The van der Waals surface area contributed by atoms with Crippen LogP contribution in [0.25, 0.3) is 96.6 Å². The average molecular weight is 834 g/mol. The van der Waals surface area contributed by atoms with Crippen molar-refractivity contribution < 1.29 is 0 Å². The molecule has 11 aromatic carbocycles. The zero-order valence-electron chi connectivity index (χ0n) is 36.0. The Morgan fingerprint density at radius 1 is 0.391 bits per heavy atom. The molecule has 0 saturated carbocycles. The van der Waals surface area contributed by atoms with Gasteiger partial charge in [-0.05, 0) is 132 Å². The minimum atomic E-state index is -0.252. The Labute approximate surface area is 377 Å². The van der Waals surface area contributed by atoms with E-state index in [-0.39, 0.29) is 5.41 Å². The van der Waals surface area contributed by atoms with Crippen LogP contribution in [-0.2, 0) is 5.41 Å². The van der Waals surface area contributed by atoms with Crippen molar-refractivity contribution in [3.63, 3.8) is 0 Å². The van der Waals surface area contributed by atoms with Crippen molar-refractivity contribution >= 4 is 91.7 Å². The number of fused-ring (bicyclic) bond motifs is 10. The van der Waals surface area contributed by atoms with E-state index < -0.39 is 0 Å². The molecule has 0 bridgehead atoms. The highest BCUT2D eigenvalue weighted by Gasteiger charge is 2.37. The van der Waals surface area contributed by atoms with Crippen LogP contribution in [0.3, 0.4) is 0 Å². The fourth-order valence-electron chi connectivity index (χ4n) is 11.2. The number of benzene rings is 11. The molecule has 0 N–H and O–H groups in total. The molecular weight excluding hydrogens is 791 g/mol. The molecule has 0 radical (unpaired) electrons. The Bertz CT molecular complexity index is 3840. The van der Waals surface area contributed by atoms with Crippen molar-refractivity contribution in [1.82, 2.24) is 0 Å². The predicted molar refractivity (Wildman–Crippen MR) is 277 cm³/mol. The number of thiophene rings is 1. The van der Waals surface area contributed by atoms with Gasteiger partial charge in [0.25, 0.3) is 0 Å². The van der Waals surface area contributed by atoms with E-state index in [1.165, 1.54) is 125 Å². The molecule has 0 saturated heterocycles. The second kappa shape index (κ2) is 14.0. The Hall–Kier alpha value is -7.52. The minimum absolute atomic E-state index is 0.252. The Kier molecular flexibility index (Phi) is 8.11. The van der Waals surface area contributed by atoms with Crippen LogP contribution in [0, 0.1) is 6.92 Å². The topological polar surface area (TPSA) is 3.24 Å². The average Bonchev–Trinajstić information content (AvgIpc) is 3.83. The number of nitrogens with zero attached hydrogens (tertiary/aromatic N) is 1. The summed E-state index contributed by atoms with van der Waals surface area (Å²) in [5.41, 5.74) is 15.0. The van der Waals surface area contributed by atoms with E-state index in [1.54, 1.807) is 0 Å². The van der Waals surface area contributed by atoms with Crippen molar-refractivity contribution in [3.8, 4) is 33.4 Å². The minimum Gasteiger partial charge on any atom is -0.309 e. The molecule has 0 fully saturated rings. The molecule has 13 rings (SSSR count). The molecule has 302 valence electrons. The summed E-state index contributed by atoms with van der Waals surface area (Å²) in [6, 6.07) is 77.2. The molecule has 1 aliphatic carbocycles. The van der Waals surface area contributed by atoms with E-state index in [9.17, 15) is 0 Å². The molecule has 1 heterocycles. The van der Waals surface area contributed by atoms with Gasteiger partial charge in [0.1, 0.15) is 0 Å². The quantitative estimate of drug-likeness (QED) is 0.156. The smallest absolute Gasteiger partial charge is 0.0540 e. The third-order valence-corrected chi connectivity index (χ3v) is 15.3. The van der Waals surface area contributed by atoms with E-state index in [0.717, 1.165) is 5.69 Å². The van der Waals surface area contributed by atoms with Gasteiger partial charge in [-0.25, -0.2) is 0 Å².